The number of likely N-dealkylation sites (N-methyl/N-ethyl adjacent to an activating group) is 1. The third kappa shape index (κ3) is 6.13. The molecule has 1 amide bonds. The summed E-state index contributed by atoms with van der Waals surface area (Å²) in [7, 11) is 4.09. The predicted molar refractivity (Wildman–Crippen MR) is 155 cm³/mol. The van der Waals surface area contributed by atoms with Crippen LogP contribution in [0.2, 0.25) is 5.02 Å². The van der Waals surface area contributed by atoms with Crippen molar-refractivity contribution in [3.63, 3.8) is 0 Å². The Morgan fingerprint density at radius 3 is 2.64 bits per heavy atom. The summed E-state index contributed by atoms with van der Waals surface area (Å²) in [6.07, 6.45) is 4.48. The number of anilines is 2. The zero-order chi connectivity index (χ0) is 29.8. The smallest absolute Gasteiger partial charge is 0.255 e. The van der Waals surface area contributed by atoms with E-state index >= 15 is 0 Å². The van der Waals surface area contributed by atoms with E-state index in [0.717, 1.165) is 26.2 Å². The number of hydrogen-bond donors (Lipinski definition) is 1. The fraction of sp³-hybridized carbons (Fsp3) is 0.310. The van der Waals surface area contributed by atoms with E-state index in [-0.39, 0.29) is 17.2 Å². The van der Waals surface area contributed by atoms with Gasteiger partial charge in [0.05, 0.1) is 22.5 Å². The summed E-state index contributed by atoms with van der Waals surface area (Å²) in [5.74, 6) is -2.43. The van der Waals surface area contributed by atoms with Crippen LogP contribution in [-0.4, -0.2) is 94.9 Å². The number of benzene rings is 2. The SMILES string of the molecule is CN(C)CCN1CCN(C(=O)c2ccc(Nc3nccn4c(-c5ccc(OCC#N)c(F)c5F)cnc34)cc2Cl)CC1. The normalized spacial score (nSPS) is 13.9. The molecule has 0 saturated carbocycles. The van der Waals surface area contributed by atoms with Crippen molar-refractivity contribution >= 4 is 34.7 Å². The highest BCUT2D eigenvalue weighted by molar-refractivity contribution is 6.34. The Hall–Kier alpha value is -4.31. The van der Waals surface area contributed by atoms with E-state index in [4.69, 9.17) is 21.6 Å². The highest BCUT2D eigenvalue weighted by Gasteiger charge is 2.24. The number of hydrogen-bond acceptors (Lipinski definition) is 8. The van der Waals surface area contributed by atoms with Crippen molar-refractivity contribution in [3.05, 3.63) is 71.1 Å². The summed E-state index contributed by atoms with van der Waals surface area (Å²) in [6, 6.07) is 9.40. The molecule has 42 heavy (non-hydrogen) atoms. The Labute approximate surface area is 246 Å². The van der Waals surface area contributed by atoms with Crippen LogP contribution in [0, 0.1) is 23.0 Å². The van der Waals surface area contributed by atoms with Gasteiger partial charge in [0.15, 0.2) is 29.6 Å². The third-order valence-electron chi connectivity index (χ3n) is 7.03. The molecule has 13 heteroatoms. The van der Waals surface area contributed by atoms with Crippen LogP contribution in [0.5, 0.6) is 5.75 Å². The topological polar surface area (TPSA) is 102 Å². The molecule has 0 radical (unpaired) electrons. The number of halogens is 3. The van der Waals surface area contributed by atoms with Crippen molar-refractivity contribution in [2.75, 3.05) is 65.3 Å². The molecule has 4 aromatic rings. The van der Waals surface area contributed by atoms with Crippen molar-refractivity contribution in [2.45, 2.75) is 0 Å². The lowest BCUT2D eigenvalue weighted by atomic mass is 10.1. The Kier molecular flexibility index (Phi) is 8.82. The van der Waals surface area contributed by atoms with Crippen LogP contribution >= 0.6 is 11.6 Å². The van der Waals surface area contributed by atoms with Gasteiger partial charge < -0.3 is 19.9 Å². The van der Waals surface area contributed by atoms with Crippen LogP contribution in [0.1, 0.15) is 10.4 Å². The molecule has 2 aromatic heterocycles. The quantitative estimate of drug-likeness (QED) is 0.306. The van der Waals surface area contributed by atoms with Gasteiger partial charge in [0, 0.05) is 62.9 Å². The lowest BCUT2D eigenvalue weighted by Gasteiger charge is -2.35. The Balaban J connectivity index is 1.31. The van der Waals surface area contributed by atoms with Crippen LogP contribution in [-0.2, 0) is 0 Å². The number of imidazole rings is 1. The number of carbonyl (C=O) groups is 1. The summed E-state index contributed by atoms with van der Waals surface area (Å²) in [5.41, 5.74) is 1.61. The highest BCUT2D eigenvalue weighted by Crippen LogP contribution is 2.32. The predicted octanol–water partition coefficient (Wildman–Crippen LogP) is 4.29. The van der Waals surface area contributed by atoms with Crippen molar-refractivity contribution in [2.24, 2.45) is 0 Å². The number of carbonyl (C=O) groups excluding carboxylic acids is 1. The molecule has 10 nitrogen and oxygen atoms in total. The molecule has 0 bridgehead atoms. The van der Waals surface area contributed by atoms with Gasteiger partial charge in [-0.2, -0.15) is 9.65 Å². The van der Waals surface area contributed by atoms with E-state index in [0.29, 0.717) is 46.5 Å². The Morgan fingerprint density at radius 1 is 1.14 bits per heavy atom. The van der Waals surface area contributed by atoms with Gasteiger partial charge in [0.2, 0.25) is 5.82 Å². The minimum Gasteiger partial charge on any atom is -0.476 e. The second-order valence-electron chi connectivity index (χ2n) is 10.1. The molecular weight excluding hydrogens is 566 g/mol. The summed E-state index contributed by atoms with van der Waals surface area (Å²) in [5, 5.41) is 12.1. The van der Waals surface area contributed by atoms with Gasteiger partial charge in [0.25, 0.3) is 5.91 Å². The highest BCUT2D eigenvalue weighted by atomic mass is 35.5. The first-order valence-electron chi connectivity index (χ1n) is 13.3. The van der Waals surface area contributed by atoms with Gasteiger partial charge in [-0.05, 0) is 44.4 Å². The van der Waals surface area contributed by atoms with Crippen LogP contribution in [0.3, 0.4) is 0 Å². The molecule has 1 aliphatic rings. The number of nitriles is 1. The van der Waals surface area contributed by atoms with E-state index in [2.05, 4.69) is 25.1 Å². The summed E-state index contributed by atoms with van der Waals surface area (Å²) >= 11 is 6.55. The number of piperazine rings is 1. The molecule has 3 heterocycles. The molecule has 2 aromatic carbocycles. The first-order chi connectivity index (χ1) is 20.3. The molecule has 1 N–H and O–H groups in total. The number of fused-ring (bicyclic) bond motifs is 1. The van der Waals surface area contributed by atoms with E-state index in [1.54, 1.807) is 34.9 Å². The van der Waals surface area contributed by atoms with Gasteiger partial charge in [-0.1, -0.05) is 11.6 Å². The van der Waals surface area contributed by atoms with Crippen LogP contribution in [0.25, 0.3) is 16.9 Å². The van der Waals surface area contributed by atoms with Gasteiger partial charge in [-0.15, -0.1) is 0 Å². The Bertz CT molecular complexity index is 1650. The minimum atomic E-state index is -1.19. The maximum absolute atomic E-state index is 14.9. The first kappa shape index (κ1) is 29.2. The van der Waals surface area contributed by atoms with E-state index < -0.39 is 18.2 Å². The molecule has 1 aliphatic heterocycles. The fourth-order valence-electron chi connectivity index (χ4n) is 4.75. The molecule has 1 fully saturated rings. The second kappa shape index (κ2) is 12.7. The zero-order valence-corrected chi connectivity index (χ0v) is 23.9. The maximum atomic E-state index is 14.9. The maximum Gasteiger partial charge on any atom is 0.255 e. The molecule has 0 spiro atoms. The van der Waals surface area contributed by atoms with Crippen molar-refractivity contribution in [3.8, 4) is 23.1 Å². The Morgan fingerprint density at radius 2 is 1.93 bits per heavy atom. The van der Waals surface area contributed by atoms with Crippen molar-refractivity contribution < 1.29 is 18.3 Å². The molecule has 0 aliphatic carbocycles. The molecular formula is C29H29ClF2N8O2. The fourth-order valence-corrected chi connectivity index (χ4v) is 5.01. The summed E-state index contributed by atoms with van der Waals surface area (Å²) in [4.78, 5) is 28.2. The average Bonchev–Trinajstić information content (AvgIpc) is 3.42. The lowest BCUT2D eigenvalue weighted by Crippen LogP contribution is -2.50. The summed E-state index contributed by atoms with van der Waals surface area (Å²) in [6.45, 7) is 4.43. The molecule has 218 valence electrons. The summed E-state index contributed by atoms with van der Waals surface area (Å²) < 4.78 is 36.0. The van der Waals surface area contributed by atoms with Crippen LogP contribution in [0.15, 0.2) is 48.9 Å². The number of rotatable bonds is 9. The van der Waals surface area contributed by atoms with Crippen LogP contribution < -0.4 is 10.1 Å². The van der Waals surface area contributed by atoms with E-state index in [1.807, 2.05) is 19.0 Å². The number of nitrogens with zero attached hydrogens (tertiary/aromatic N) is 7. The number of amides is 1. The molecule has 0 unspecified atom stereocenters. The van der Waals surface area contributed by atoms with E-state index in [1.165, 1.54) is 24.5 Å². The number of aromatic nitrogens is 3. The van der Waals surface area contributed by atoms with Gasteiger partial charge >= 0.3 is 0 Å². The standard InChI is InChI=1S/C29H29ClF2N8O2/c1-37(2)10-11-38-12-14-39(15-13-38)29(41)20-4-3-19(17-22(20)30)36-27-28-35-18-23(40(28)9-8-34-27)21-5-6-24(42-16-7-33)26(32)25(21)31/h3-6,8-9,17-18H,10-16H2,1-2H3,(H,34,36). The molecule has 1 saturated heterocycles. The van der Waals surface area contributed by atoms with Crippen LogP contribution in [0.4, 0.5) is 20.3 Å². The number of ether oxygens (including phenoxy) is 1. The third-order valence-corrected chi connectivity index (χ3v) is 7.34. The van der Waals surface area contributed by atoms with E-state index in [9.17, 15) is 13.6 Å². The van der Waals surface area contributed by atoms with Gasteiger partial charge in [-0.3, -0.25) is 14.1 Å². The van der Waals surface area contributed by atoms with Crippen molar-refractivity contribution in [1.29, 1.82) is 5.26 Å². The largest absolute Gasteiger partial charge is 0.476 e. The lowest BCUT2D eigenvalue weighted by molar-refractivity contribution is 0.0630. The second-order valence-corrected chi connectivity index (χ2v) is 10.5. The van der Waals surface area contributed by atoms with Gasteiger partial charge in [0.1, 0.15) is 6.07 Å². The molecule has 0 atom stereocenters. The average molecular weight is 595 g/mol. The first-order valence-corrected chi connectivity index (χ1v) is 13.7. The zero-order valence-electron chi connectivity index (χ0n) is 23.1. The monoisotopic (exact) mass is 594 g/mol. The van der Waals surface area contributed by atoms with Crippen molar-refractivity contribution in [1.82, 2.24) is 29.1 Å². The molecule has 5 rings (SSSR count). The van der Waals surface area contributed by atoms with Gasteiger partial charge in [-0.25, -0.2) is 14.4 Å². The minimum absolute atomic E-state index is 0.0362. The number of nitrogens with one attached hydrogen (secondary N) is 1.